The second-order valence-corrected chi connectivity index (χ2v) is 12.6. The van der Waals surface area contributed by atoms with Crippen LogP contribution < -0.4 is 15.4 Å². The second-order valence-electron chi connectivity index (χ2n) is 10.1. The van der Waals surface area contributed by atoms with Crippen LogP contribution in [-0.4, -0.2) is 37.8 Å². The van der Waals surface area contributed by atoms with E-state index in [0.29, 0.717) is 45.7 Å². The van der Waals surface area contributed by atoms with Gasteiger partial charge >= 0.3 is 6.18 Å². The minimum Gasteiger partial charge on any atom is -0.370 e. The smallest absolute Gasteiger partial charge is 0.370 e. The van der Waals surface area contributed by atoms with E-state index in [1.165, 1.54) is 0 Å². The Balaban J connectivity index is 1.55. The molecular weight excluding hydrogens is 546 g/mol. The van der Waals surface area contributed by atoms with Gasteiger partial charge < -0.3 is 14.8 Å². The largest absolute Gasteiger partial charge is 0.391 e. The van der Waals surface area contributed by atoms with E-state index >= 15 is 0 Å². The van der Waals surface area contributed by atoms with Gasteiger partial charge in [-0.1, -0.05) is 29.3 Å². The topological polar surface area (TPSA) is 76.2 Å². The molecule has 1 aliphatic heterocycles. The third-order valence-corrected chi connectivity index (χ3v) is 9.01. The number of benzene rings is 2. The van der Waals surface area contributed by atoms with Crippen molar-refractivity contribution in [3.8, 4) is 0 Å². The van der Waals surface area contributed by atoms with Crippen LogP contribution in [0.15, 0.2) is 30.3 Å². The number of nitrogens with one attached hydrogen (secondary N) is 1. The SMILES string of the molecule is Cn1c(Nc2cc(CCC(C)(C)S(N)=O)ccc2Cl)nc2cc(Cl)c(N3CCC(C(F)(F)F)CC3)cc21. The number of alkyl halides is 3. The van der Waals surface area contributed by atoms with Crippen molar-refractivity contribution < 1.29 is 17.4 Å². The molecule has 3 N–H and O–H groups in total. The summed E-state index contributed by atoms with van der Waals surface area (Å²) < 4.78 is 52.4. The Kier molecular flexibility index (Phi) is 8.05. The molecule has 1 aliphatic rings. The Morgan fingerprint density at radius 1 is 1.14 bits per heavy atom. The molecule has 12 heteroatoms. The maximum Gasteiger partial charge on any atom is 0.391 e. The average Bonchev–Trinajstić information content (AvgIpc) is 3.12. The van der Waals surface area contributed by atoms with Crippen molar-refractivity contribution in [2.45, 2.75) is 50.5 Å². The highest BCUT2D eigenvalue weighted by Crippen LogP contribution is 2.39. The van der Waals surface area contributed by atoms with Crippen LogP contribution in [0.25, 0.3) is 11.0 Å². The number of aryl methyl sites for hydroxylation is 2. The number of hydrogen-bond acceptors (Lipinski definition) is 4. The predicted molar refractivity (Wildman–Crippen MR) is 146 cm³/mol. The van der Waals surface area contributed by atoms with Crippen molar-refractivity contribution in [1.82, 2.24) is 9.55 Å². The van der Waals surface area contributed by atoms with Gasteiger partial charge in [-0.15, -0.1) is 0 Å². The van der Waals surface area contributed by atoms with Crippen LogP contribution in [0.4, 0.5) is 30.5 Å². The van der Waals surface area contributed by atoms with Crippen molar-refractivity contribution in [3.63, 3.8) is 0 Å². The zero-order chi connectivity index (χ0) is 27.1. The van der Waals surface area contributed by atoms with Gasteiger partial charge in [-0.25, -0.2) is 9.19 Å². The summed E-state index contributed by atoms with van der Waals surface area (Å²) in [6.07, 6.45) is -2.76. The quantitative estimate of drug-likeness (QED) is 0.327. The predicted octanol–water partition coefficient (Wildman–Crippen LogP) is 6.74. The van der Waals surface area contributed by atoms with Gasteiger partial charge in [-0.05, 0) is 69.4 Å². The number of aromatic nitrogens is 2. The monoisotopic (exact) mass is 575 g/mol. The highest BCUT2D eigenvalue weighted by atomic mass is 35.5. The van der Waals surface area contributed by atoms with E-state index in [-0.39, 0.29) is 25.9 Å². The summed E-state index contributed by atoms with van der Waals surface area (Å²) >= 11 is 13.0. The van der Waals surface area contributed by atoms with Gasteiger partial charge in [-0.3, -0.25) is 5.14 Å². The van der Waals surface area contributed by atoms with Gasteiger partial charge in [0.15, 0.2) is 0 Å². The summed E-state index contributed by atoms with van der Waals surface area (Å²) in [7, 11) is 0.415. The van der Waals surface area contributed by atoms with Crippen LogP contribution in [0.1, 0.15) is 38.7 Å². The fourth-order valence-electron chi connectivity index (χ4n) is 4.49. The minimum absolute atomic E-state index is 0.0449. The van der Waals surface area contributed by atoms with Crippen LogP contribution in [0.2, 0.25) is 10.0 Å². The maximum atomic E-state index is 13.1. The molecule has 4 rings (SSSR count). The molecule has 0 amide bonds. The van der Waals surface area contributed by atoms with Gasteiger partial charge in [0, 0.05) is 20.1 Å². The number of piperidine rings is 1. The molecule has 0 spiro atoms. The molecule has 2 heterocycles. The standard InChI is InChI=1S/C25H30Cl2F3N5OS/c1-24(2,37(31)36)9-6-15-4-5-17(26)19(12-15)32-23-33-20-13-18(27)21(14-22(20)34(23)3)35-10-7-16(8-11-35)25(28,29)30/h4-5,12-14,16H,6-11,31H2,1-3H3,(H,32,33). The number of rotatable bonds is 7. The van der Waals surface area contributed by atoms with Crippen molar-refractivity contribution in [2.24, 2.45) is 18.1 Å². The number of nitrogens with two attached hydrogens (primary N) is 1. The van der Waals surface area contributed by atoms with E-state index in [1.54, 1.807) is 12.1 Å². The molecule has 0 aliphatic carbocycles. The first-order valence-corrected chi connectivity index (χ1v) is 13.9. The third-order valence-electron chi connectivity index (χ3n) is 7.09. The zero-order valence-corrected chi connectivity index (χ0v) is 23.2. The first-order valence-electron chi connectivity index (χ1n) is 12.0. The van der Waals surface area contributed by atoms with E-state index in [9.17, 15) is 17.4 Å². The molecular formula is C25H30Cl2F3N5OS. The summed E-state index contributed by atoms with van der Waals surface area (Å²) in [5, 5.41) is 9.86. The summed E-state index contributed by atoms with van der Waals surface area (Å²) in [6.45, 7) is 4.32. The van der Waals surface area contributed by atoms with Gasteiger partial charge in [0.05, 0.1) is 54.1 Å². The number of hydrogen-bond donors (Lipinski definition) is 2. The summed E-state index contributed by atoms with van der Waals surface area (Å²) in [4.78, 5) is 6.57. The summed E-state index contributed by atoms with van der Waals surface area (Å²) in [5.74, 6) is -0.732. The van der Waals surface area contributed by atoms with E-state index in [2.05, 4.69) is 10.3 Å². The van der Waals surface area contributed by atoms with Crippen LogP contribution >= 0.6 is 23.2 Å². The fraction of sp³-hybridized carbons (Fsp3) is 0.480. The Morgan fingerprint density at radius 2 is 1.81 bits per heavy atom. The van der Waals surface area contributed by atoms with Crippen molar-refractivity contribution >= 4 is 62.5 Å². The van der Waals surface area contributed by atoms with E-state index < -0.39 is 27.8 Å². The molecule has 202 valence electrons. The van der Waals surface area contributed by atoms with E-state index in [4.69, 9.17) is 28.3 Å². The molecule has 37 heavy (non-hydrogen) atoms. The van der Waals surface area contributed by atoms with E-state index in [1.807, 2.05) is 48.6 Å². The summed E-state index contributed by atoms with van der Waals surface area (Å²) in [5.41, 5.74) is 3.83. The molecule has 1 saturated heterocycles. The first kappa shape index (κ1) is 28.0. The highest BCUT2D eigenvalue weighted by Gasteiger charge is 2.41. The Bertz CT molecular complexity index is 1320. The summed E-state index contributed by atoms with van der Waals surface area (Å²) in [6, 6.07) is 9.26. The number of fused-ring (bicyclic) bond motifs is 1. The number of nitrogens with zero attached hydrogens (tertiary/aromatic N) is 3. The molecule has 1 atom stereocenters. The minimum atomic E-state index is -4.17. The Hall–Kier alpha value is -2.01. The maximum absolute atomic E-state index is 13.1. The Morgan fingerprint density at radius 3 is 2.43 bits per heavy atom. The first-order chi connectivity index (χ1) is 17.3. The number of imidazole rings is 1. The van der Waals surface area contributed by atoms with Crippen LogP contribution in [0.3, 0.4) is 0 Å². The van der Waals surface area contributed by atoms with Crippen molar-refractivity contribution in [1.29, 1.82) is 0 Å². The molecule has 0 saturated carbocycles. The van der Waals surface area contributed by atoms with Gasteiger partial charge in [-0.2, -0.15) is 13.2 Å². The van der Waals surface area contributed by atoms with Gasteiger partial charge in [0.2, 0.25) is 5.95 Å². The lowest BCUT2D eigenvalue weighted by Gasteiger charge is -2.34. The third kappa shape index (κ3) is 6.19. The molecule has 0 bridgehead atoms. The molecule has 1 unspecified atom stereocenters. The molecule has 1 aromatic heterocycles. The highest BCUT2D eigenvalue weighted by molar-refractivity contribution is 7.84. The second kappa shape index (κ2) is 10.6. The molecule has 2 aromatic carbocycles. The lowest BCUT2D eigenvalue weighted by atomic mass is 9.96. The van der Waals surface area contributed by atoms with Gasteiger partial charge in [0.1, 0.15) is 0 Å². The normalized spacial score (nSPS) is 16.4. The van der Waals surface area contributed by atoms with Crippen LogP contribution in [-0.2, 0) is 24.5 Å². The number of anilines is 3. The Labute approximate surface area is 226 Å². The molecule has 3 aromatic rings. The van der Waals surface area contributed by atoms with Crippen LogP contribution in [0.5, 0.6) is 0 Å². The van der Waals surface area contributed by atoms with Crippen molar-refractivity contribution in [3.05, 3.63) is 45.9 Å². The van der Waals surface area contributed by atoms with Crippen LogP contribution in [0, 0.1) is 5.92 Å². The van der Waals surface area contributed by atoms with E-state index in [0.717, 1.165) is 11.1 Å². The number of halogens is 5. The molecule has 1 fully saturated rings. The van der Waals surface area contributed by atoms with Gasteiger partial charge in [0.25, 0.3) is 0 Å². The lowest BCUT2D eigenvalue weighted by Crippen LogP contribution is -2.39. The average molecular weight is 577 g/mol. The molecule has 6 nitrogen and oxygen atoms in total. The van der Waals surface area contributed by atoms with Crippen molar-refractivity contribution in [2.75, 3.05) is 23.3 Å². The lowest BCUT2D eigenvalue weighted by molar-refractivity contribution is -0.179. The zero-order valence-electron chi connectivity index (χ0n) is 20.8. The fourth-order valence-corrected chi connectivity index (χ4v) is 5.24. The molecule has 0 radical (unpaired) electrons.